The van der Waals surface area contributed by atoms with E-state index in [0.717, 1.165) is 11.3 Å². The fraction of sp³-hybridized carbons (Fsp3) is 0.286. The number of anilines is 1. The zero-order chi connectivity index (χ0) is 27.9. The van der Waals surface area contributed by atoms with Gasteiger partial charge in [-0.2, -0.15) is 0 Å². The first-order valence-corrected chi connectivity index (χ1v) is 13.1. The van der Waals surface area contributed by atoms with E-state index < -0.39 is 23.5 Å². The van der Waals surface area contributed by atoms with E-state index in [2.05, 4.69) is 10.3 Å². The van der Waals surface area contributed by atoms with E-state index in [9.17, 15) is 14.4 Å². The molecular formula is C28H29N3O7S. The van der Waals surface area contributed by atoms with Gasteiger partial charge in [-0.3, -0.25) is 14.2 Å². The average molecular weight is 552 g/mol. The molecule has 0 aliphatic rings. The molecule has 2 heterocycles. The Balaban J connectivity index is 1.53. The number of hydrogen-bond acceptors (Lipinski definition) is 9. The Morgan fingerprint density at radius 1 is 1.05 bits per heavy atom. The summed E-state index contributed by atoms with van der Waals surface area (Å²) in [5.41, 5.74) is 0.454. The van der Waals surface area contributed by atoms with E-state index in [1.54, 1.807) is 32.0 Å². The molecule has 11 heteroatoms. The molecule has 10 nitrogen and oxygen atoms in total. The Morgan fingerprint density at radius 3 is 2.51 bits per heavy atom. The minimum absolute atomic E-state index is 0.0465. The van der Waals surface area contributed by atoms with Crippen molar-refractivity contribution >= 4 is 39.1 Å². The van der Waals surface area contributed by atoms with Crippen molar-refractivity contribution in [1.82, 2.24) is 9.55 Å². The van der Waals surface area contributed by atoms with Crippen LogP contribution in [-0.4, -0.2) is 48.9 Å². The summed E-state index contributed by atoms with van der Waals surface area (Å²) < 4.78 is 22.8. The third-order valence-corrected chi connectivity index (χ3v) is 7.26. The Morgan fingerprint density at radius 2 is 1.82 bits per heavy atom. The van der Waals surface area contributed by atoms with Crippen molar-refractivity contribution in [2.75, 3.05) is 32.8 Å². The van der Waals surface area contributed by atoms with Crippen LogP contribution in [0.15, 0.2) is 59.7 Å². The van der Waals surface area contributed by atoms with Crippen LogP contribution < -0.4 is 25.1 Å². The maximum atomic E-state index is 13.5. The molecule has 4 rings (SSSR count). The first kappa shape index (κ1) is 27.6. The number of carbonyl (C=O) groups is 2. The third kappa shape index (κ3) is 6.04. The number of fused-ring (bicyclic) bond motifs is 1. The third-order valence-electron chi connectivity index (χ3n) is 6.08. The maximum absolute atomic E-state index is 13.5. The van der Waals surface area contributed by atoms with Crippen molar-refractivity contribution in [3.05, 3.63) is 75.7 Å². The molecule has 1 atom stereocenters. The van der Waals surface area contributed by atoms with Crippen LogP contribution in [0, 0.1) is 6.92 Å². The van der Waals surface area contributed by atoms with Crippen LogP contribution >= 0.6 is 11.3 Å². The van der Waals surface area contributed by atoms with Gasteiger partial charge in [-0.15, -0.1) is 11.3 Å². The second kappa shape index (κ2) is 12.4. The summed E-state index contributed by atoms with van der Waals surface area (Å²) in [5.74, 6) is 0.687. The first-order chi connectivity index (χ1) is 18.9. The van der Waals surface area contributed by atoms with Crippen molar-refractivity contribution in [3.63, 3.8) is 0 Å². The second-order valence-corrected chi connectivity index (χ2v) is 9.47. The smallest absolute Gasteiger partial charge is 0.348 e. The maximum Gasteiger partial charge on any atom is 0.348 e. The summed E-state index contributed by atoms with van der Waals surface area (Å²) in [7, 11) is 3.02. The zero-order valence-electron chi connectivity index (χ0n) is 22.1. The lowest BCUT2D eigenvalue weighted by atomic mass is 10.1. The molecule has 4 aromatic rings. The molecule has 2 aromatic heterocycles. The quantitative estimate of drug-likeness (QED) is 0.212. The highest BCUT2D eigenvalue weighted by Gasteiger charge is 2.26. The van der Waals surface area contributed by atoms with Crippen LogP contribution in [0.5, 0.6) is 17.2 Å². The predicted octanol–water partition coefficient (Wildman–Crippen LogP) is 4.61. The highest BCUT2D eigenvalue weighted by molar-refractivity contribution is 7.20. The van der Waals surface area contributed by atoms with Crippen LogP contribution in [-0.2, 0) is 9.53 Å². The summed E-state index contributed by atoms with van der Waals surface area (Å²) in [6.45, 7) is 3.71. The van der Waals surface area contributed by atoms with E-state index >= 15 is 0 Å². The molecule has 0 aliphatic heterocycles. The van der Waals surface area contributed by atoms with Gasteiger partial charge in [-0.25, -0.2) is 9.78 Å². The number of nitrogens with zero attached hydrogens (tertiary/aromatic N) is 2. The lowest BCUT2D eigenvalue weighted by Crippen LogP contribution is -2.33. The Kier molecular flexibility index (Phi) is 8.82. The van der Waals surface area contributed by atoms with Crippen molar-refractivity contribution in [3.8, 4) is 17.2 Å². The monoisotopic (exact) mass is 551 g/mol. The van der Waals surface area contributed by atoms with Gasteiger partial charge in [-0.1, -0.05) is 25.1 Å². The number of carbonyl (C=O) groups excluding carboxylic acids is 2. The van der Waals surface area contributed by atoms with Crippen molar-refractivity contribution < 1.29 is 28.5 Å². The summed E-state index contributed by atoms with van der Waals surface area (Å²) >= 11 is 1.08. The zero-order valence-corrected chi connectivity index (χ0v) is 22.9. The van der Waals surface area contributed by atoms with Gasteiger partial charge in [0.05, 0.1) is 31.6 Å². The topological polar surface area (TPSA) is 118 Å². The second-order valence-electron chi connectivity index (χ2n) is 8.47. The largest absolute Gasteiger partial charge is 0.497 e. The van der Waals surface area contributed by atoms with E-state index in [4.69, 9.17) is 18.9 Å². The van der Waals surface area contributed by atoms with E-state index in [1.807, 2.05) is 30.3 Å². The van der Waals surface area contributed by atoms with E-state index in [1.165, 1.54) is 25.1 Å². The van der Waals surface area contributed by atoms with Crippen LogP contribution in [0.25, 0.3) is 10.2 Å². The number of amides is 1. The molecule has 0 radical (unpaired) electrons. The summed E-state index contributed by atoms with van der Waals surface area (Å²) in [6.07, 6.45) is 1.66. The molecule has 39 heavy (non-hydrogen) atoms. The van der Waals surface area contributed by atoms with Gasteiger partial charge < -0.3 is 24.3 Å². The van der Waals surface area contributed by atoms with Crippen molar-refractivity contribution in [1.29, 1.82) is 0 Å². The Labute approximate surface area is 229 Å². The lowest BCUT2D eigenvalue weighted by molar-refractivity contribution is -0.119. The summed E-state index contributed by atoms with van der Waals surface area (Å²) in [5, 5.41) is 3.10. The van der Waals surface area contributed by atoms with E-state index in [-0.39, 0.29) is 23.5 Å². The van der Waals surface area contributed by atoms with Gasteiger partial charge in [0.2, 0.25) is 5.91 Å². The van der Waals surface area contributed by atoms with Gasteiger partial charge >= 0.3 is 5.97 Å². The van der Waals surface area contributed by atoms with Gasteiger partial charge in [0.1, 0.15) is 46.2 Å². The summed E-state index contributed by atoms with van der Waals surface area (Å²) in [6, 6.07) is 13.4. The Hall–Kier alpha value is -4.38. The molecule has 0 spiro atoms. The number of methoxy groups -OCH3 is 2. The normalized spacial score (nSPS) is 11.6. The number of para-hydroxylation sites is 1. The molecular weight excluding hydrogens is 522 g/mol. The molecule has 0 bridgehead atoms. The van der Waals surface area contributed by atoms with E-state index in [0.29, 0.717) is 39.8 Å². The molecule has 0 aliphatic carbocycles. The number of esters is 1. The minimum atomic E-state index is -0.852. The van der Waals surface area contributed by atoms with Gasteiger partial charge in [0.15, 0.2) is 0 Å². The first-order valence-electron chi connectivity index (χ1n) is 12.3. The number of aryl methyl sites for hydroxylation is 1. The fourth-order valence-electron chi connectivity index (χ4n) is 4.07. The molecule has 0 saturated heterocycles. The van der Waals surface area contributed by atoms with Crippen LogP contribution in [0.4, 0.5) is 5.69 Å². The highest BCUT2D eigenvalue weighted by atomic mass is 32.1. The lowest BCUT2D eigenvalue weighted by Gasteiger charge is -2.19. The molecule has 1 unspecified atom stereocenters. The molecule has 204 valence electrons. The number of aromatic nitrogens is 2. The van der Waals surface area contributed by atoms with Crippen LogP contribution in [0.1, 0.15) is 34.6 Å². The molecule has 1 N–H and O–H groups in total. The molecule has 1 amide bonds. The van der Waals surface area contributed by atoms with Crippen molar-refractivity contribution in [2.24, 2.45) is 0 Å². The van der Waals surface area contributed by atoms with Gasteiger partial charge in [-0.05, 0) is 43.2 Å². The van der Waals surface area contributed by atoms with Crippen LogP contribution in [0.3, 0.4) is 0 Å². The van der Waals surface area contributed by atoms with Crippen molar-refractivity contribution in [2.45, 2.75) is 26.3 Å². The fourth-order valence-corrected chi connectivity index (χ4v) is 5.10. The SMILES string of the molecule is CCC(C(=O)Nc1cc(OC)ccc1OC)n1cnc2sc(C(=O)OCCOc3ccccc3)c(C)c2c1=O. The molecule has 0 saturated carbocycles. The molecule has 2 aromatic carbocycles. The number of hydrogen-bond donors (Lipinski definition) is 1. The Bertz CT molecular complexity index is 1530. The summed E-state index contributed by atoms with van der Waals surface area (Å²) in [4.78, 5) is 44.6. The minimum Gasteiger partial charge on any atom is -0.497 e. The van der Waals surface area contributed by atoms with Gasteiger partial charge in [0.25, 0.3) is 5.56 Å². The van der Waals surface area contributed by atoms with Crippen LogP contribution in [0.2, 0.25) is 0 Å². The number of nitrogens with one attached hydrogen (secondary N) is 1. The average Bonchev–Trinajstić information content (AvgIpc) is 3.30. The van der Waals surface area contributed by atoms with Gasteiger partial charge in [0, 0.05) is 6.07 Å². The number of benzene rings is 2. The predicted molar refractivity (Wildman–Crippen MR) is 148 cm³/mol. The number of ether oxygens (including phenoxy) is 4. The number of rotatable bonds is 11. The standard InChI is InChI=1S/C28H29N3O7S/c1-5-21(25(32)30-20-15-19(35-3)11-12-22(20)36-4)31-16-29-26-23(27(31)33)17(2)24(39-26)28(34)38-14-13-37-18-9-7-6-8-10-18/h6-12,15-16,21H,5,13-14H2,1-4H3,(H,30,32). The number of thiophene rings is 1. The highest BCUT2D eigenvalue weighted by Crippen LogP contribution is 2.31. The molecule has 0 fully saturated rings.